The predicted molar refractivity (Wildman–Crippen MR) is 179 cm³/mol. The van der Waals surface area contributed by atoms with Gasteiger partial charge in [0, 0.05) is 69.9 Å². The molecule has 5 aromatic carbocycles. The minimum absolute atomic E-state index is 0.565. The van der Waals surface area contributed by atoms with Crippen molar-refractivity contribution in [3.05, 3.63) is 131 Å². The summed E-state index contributed by atoms with van der Waals surface area (Å²) in [5, 5.41) is 0. The molecule has 0 fully saturated rings. The number of benzene rings is 5. The third-order valence-corrected chi connectivity index (χ3v) is 6.43. The first kappa shape index (κ1) is 27.5. The molecule has 8 nitrogen and oxygen atoms in total. The van der Waals surface area contributed by atoms with Crippen LogP contribution >= 0.6 is 0 Å². The van der Waals surface area contributed by atoms with Gasteiger partial charge in [0.25, 0.3) is 0 Å². The molecule has 0 spiro atoms. The SMILES string of the molecule is Nc1ccccc1C=Nc1cc(N=Cc2ccccc2N)c(N=Cc2ccccc2N)cc1N=Cc1ccccc1N. The monoisotopic (exact) mass is 550 g/mol. The van der Waals surface area contributed by atoms with Crippen molar-refractivity contribution in [3.63, 3.8) is 0 Å². The highest BCUT2D eigenvalue weighted by molar-refractivity contribution is 5.96. The van der Waals surface area contributed by atoms with E-state index in [9.17, 15) is 0 Å². The molecule has 8 N–H and O–H groups in total. The summed E-state index contributed by atoms with van der Waals surface area (Å²) in [5.41, 5.74) is 32.5. The van der Waals surface area contributed by atoms with Crippen LogP contribution in [-0.2, 0) is 0 Å². The van der Waals surface area contributed by atoms with Crippen LogP contribution in [0.15, 0.2) is 129 Å². The van der Waals surface area contributed by atoms with Gasteiger partial charge in [0.15, 0.2) is 0 Å². The van der Waals surface area contributed by atoms with E-state index in [4.69, 9.17) is 42.9 Å². The summed E-state index contributed by atoms with van der Waals surface area (Å²) in [4.78, 5) is 19.0. The van der Waals surface area contributed by atoms with Crippen molar-refractivity contribution in [1.82, 2.24) is 0 Å². The molecule has 42 heavy (non-hydrogen) atoms. The maximum atomic E-state index is 6.16. The number of anilines is 4. The molecule has 0 aliphatic heterocycles. The van der Waals surface area contributed by atoms with Gasteiger partial charge in [-0.15, -0.1) is 0 Å². The Labute approximate surface area is 244 Å². The average Bonchev–Trinajstić information content (AvgIpc) is 3.00. The number of nitrogens with two attached hydrogens (primary N) is 4. The quantitative estimate of drug-likeness (QED) is 0.121. The van der Waals surface area contributed by atoms with Crippen molar-refractivity contribution < 1.29 is 0 Å². The summed E-state index contributed by atoms with van der Waals surface area (Å²) < 4.78 is 0. The highest BCUT2D eigenvalue weighted by Gasteiger charge is 2.10. The zero-order valence-electron chi connectivity index (χ0n) is 22.8. The molecule has 8 heteroatoms. The van der Waals surface area contributed by atoms with Gasteiger partial charge < -0.3 is 22.9 Å². The Morgan fingerprint density at radius 1 is 0.333 bits per heavy atom. The van der Waals surface area contributed by atoms with Crippen molar-refractivity contribution in [3.8, 4) is 0 Å². The first-order valence-electron chi connectivity index (χ1n) is 13.2. The van der Waals surface area contributed by atoms with E-state index in [2.05, 4.69) is 0 Å². The van der Waals surface area contributed by atoms with Crippen LogP contribution in [0.2, 0.25) is 0 Å². The Morgan fingerprint density at radius 3 is 0.762 bits per heavy atom. The van der Waals surface area contributed by atoms with E-state index in [1.165, 1.54) is 0 Å². The lowest BCUT2D eigenvalue weighted by Gasteiger charge is -2.08. The molecule has 0 atom stereocenters. The van der Waals surface area contributed by atoms with Gasteiger partial charge >= 0.3 is 0 Å². The van der Waals surface area contributed by atoms with Crippen LogP contribution < -0.4 is 22.9 Å². The second-order valence-electron chi connectivity index (χ2n) is 9.38. The smallest absolute Gasteiger partial charge is 0.0909 e. The maximum Gasteiger partial charge on any atom is 0.0909 e. The molecule has 5 rings (SSSR count). The first-order valence-corrected chi connectivity index (χ1v) is 13.2. The molecule has 0 saturated heterocycles. The van der Waals surface area contributed by atoms with Gasteiger partial charge in [0.2, 0.25) is 0 Å². The molecule has 0 aromatic heterocycles. The molecule has 5 aromatic rings. The van der Waals surface area contributed by atoms with E-state index in [1.807, 2.05) is 109 Å². The van der Waals surface area contributed by atoms with E-state index < -0.39 is 0 Å². The maximum absolute atomic E-state index is 6.16. The molecule has 0 aliphatic rings. The Hall–Kier alpha value is -6.02. The molecular weight excluding hydrogens is 520 g/mol. The lowest BCUT2D eigenvalue weighted by Crippen LogP contribution is -1.93. The molecule has 0 saturated carbocycles. The van der Waals surface area contributed by atoms with E-state index >= 15 is 0 Å². The predicted octanol–water partition coefficient (Wildman–Crippen LogP) is 7.02. The number of nitrogens with zero attached hydrogens (tertiary/aromatic N) is 4. The van der Waals surface area contributed by atoms with E-state index in [1.54, 1.807) is 24.9 Å². The molecule has 0 bridgehead atoms. The molecule has 0 unspecified atom stereocenters. The number of para-hydroxylation sites is 4. The van der Waals surface area contributed by atoms with Crippen molar-refractivity contribution >= 4 is 70.4 Å². The van der Waals surface area contributed by atoms with Crippen LogP contribution in [0.25, 0.3) is 0 Å². The van der Waals surface area contributed by atoms with Gasteiger partial charge in [0.05, 0.1) is 22.7 Å². The van der Waals surface area contributed by atoms with Gasteiger partial charge in [-0.2, -0.15) is 0 Å². The van der Waals surface area contributed by atoms with Crippen LogP contribution in [0.5, 0.6) is 0 Å². The van der Waals surface area contributed by atoms with Crippen LogP contribution in [0.4, 0.5) is 45.5 Å². The first-order chi connectivity index (χ1) is 20.5. The zero-order chi connectivity index (χ0) is 29.3. The summed E-state index contributed by atoms with van der Waals surface area (Å²) in [5.74, 6) is 0. The highest BCUT2D eigenvalue weighted by atomic mass is 14.9. The van der Waals surface area contributed by atoms with E-state index in [-0.39, 0.29) is 0 Å². The second-order valence-corrected chi connectivity index (χ2v) is 9.38. The third-order valence-electron chi connectivity index (χ3n) is 6.43. The summed E-state index contributed by atoms with van der Waals surface area (Å²) in [6, 6.07) is 33.7. The Balaban J connectivity index is 1.66. The Bertz CT molecular complexity index is 1570. The van der Waals surface area contributed by atoms with Crippen LogP contribution in [0.3, 0.4) is 0 Å². The van der Waals surface area contributed by atoms with E-state index in [0.29, 0.717) is 45.5 Å². The van der Waals surface area contributed by atoms with Gasteiger partial charge in [-0.3, -0.25) is 20.0 Å². The Kier molecular flexibility index (Phi) is 8.45. The fourth-order valence-corrected chi connectivity index (χ4v) is 4.04. The fraction of sp³-hybridized carbons (Fsp3) is 0. The lowest BCUT2D eigenvalue weighted by molar-refractivity contribution is 1.40. The summed E-state index contributed by atoms with van der Waals surface area (Å²) >= 11 is 0. The van der Waals surface area contributed by atoms with Gasteiger partial charge in [-0.25, -0.2) is 0 Å². The number of nitrogen functional groups attached to an aromatic ring is 4. The van der Waals surface area contributed by atoms with Crippen LogP contribution in [0.1, 0.15) is 22.3 Å². The number of hydrogen-bond donors (Lipinski definition) is 4. The summed E-state index contributed by atoms with van der Waals surface area (Å²) in [6.07, 6.45) is 6.82. The lowest BCUT2D eigenvalue weighted by atomic mass is 10.1. The minimum atomic E-state index is 0.565. The van der Waals surface area contributed by atoms with Gasteiger partial charge in [0.1, 0.15) is 0 Å². The van der Waals surface area contributed by atoms with Crippen LogP contribution in [-0.4, -0.2) is 24.9 Å². The van der Waals surface area contributed by atoms with E-state index in [0.717, 1.165) is 22.3 Å². The van der Waals surface area contributed by atoms with Crippen molar-refractivity contribution in [1.29, 1.82) is 0 Å². The van der Waals surface area contributed by atoms with Crippen molar-refractivity contribution in [2.24, 2.45) is 20.0 Å². The molecule has 206 valence electrons. The normalized spacial score (nSPS) is 11.8. The molecule has 0 radical (unpaired) electrons. The van der Waals surface area contributed by atoms with Gasteiger partial charge in [-0.1, -0.05) is 72.8 Å². The third kappa shape index (κ3) is 6.75. The highest BCUT2D eigenvalue weighted by Crippen LogP contribution is 2.40. The largest absolute Gasteiger partial charge is 0.398 e. The minimum Gasteiger partial charge on any atom is -0.398 e. The number of rotatable bonds is 8. The summed E-state index contributed by atoms with van der Waals surface area (Å²) in [6.45, 7) is 0. The topological polar surface area (TPSA) is 154 Å². The molecular formula is C34H30N8. The number of aliphatic imine (C=N–C) groups is 4. The second kappa shape index (κ2) is 12.9. The van der Waals surface area contributed by atoms with Gasteiger partial charge in [-0.05, 0) is 36.4 Å². The number of hydrogen-bond acceptors (Lipinski definition) is 8. The molecule has 0 heterocycles. The van der Waals surface area contributed by atoms with Crippen molar-refractivity contribution in [2.45, 2.75) is 0 Å². The van der Waals surface area contributed by atoms with Crippen molar-refractivity contribution in [2.75, 3.05) is 22.9 Å². The molecule has 0 aliphatic carbocycles. The summed E-state index contributed by atoms with van der Waals surface area (Å²) in [7, 11) is 0. The van der Waals surface area contributed by atoms with Crippen LogP contribution in [0, 0.1) is 0 Å². The fourth-order valence-electron chi connectivity index (χ4n) is 4.04. The molecule has 0 amide bonds. The zero-order valence-corrected chi connectivity index (χ0v) is 22.8. The average molecular weight is 551 g/mol. The standard InChI is InChI=1S/C34H30N8/c35-27-13-5-1-9-23(27)19-39-31-17-33(41-21-25-11-3-7-15-29(25)37)34(42-22-26-12-4-8-16-30(26)38)18-32(31)40-20-24-10-2-6-14-28(24)36/h1-22H,35-38H2. The Morgan fingerprint density at radius 2 is 0.548 bits per heavy atom.